The second-order valence-corrected chi connectivity index (χ2v) is 10.3. The van der Waals surface area contributed by atoms with Gasteiger partial charge in [-0.15, -0.1) is 0 Å². The number of ether oxygens (including phenoxy) is 1. The van der Waals surface area contributed by atoms with Crippen molar-refractivity contribution in [3.8, 4) is 5.75 Å². The molecule has 32 heavy (non-hydrogen) atoms. The molecule has 0 spiro atoms. The van der Waals surface area contributed by atoms with Crippen LogP contribution in [0.25, 0.3) is 0 Å². The normalized spacial score (nSPS) is 19.3. The maximum Gasteiger partial charge on any atom is 0.262 e. The predicted octanol–water partition coefficient (Wildman–Crippen LogP) is 3.96. The first-order chi connectivity index (χ1) is 15.2. The van der Waals surface area contributed by atoms with E-state index < -0.39 is 15.9 Å². The summed E-state index contributed by atoms with van der Waals surface area (Å²) in [5.74, 6) is 0.545. The summed E-state index contributed by atoms with van der Waals surface area (Å²) >= 11 is 0. The third-order valence-electron chi connectivity index (χ3n) is 5.48. The first-order valence-electron chi connectivity index (χ1n) is 10.9. The van der Waals surface area contributed by atoms with Gasteiger partial charge in [0.2, 0.25) is 10.0 Å². The Morgan fingerprint density at radius 3 is 2.28 bits per heavy atom. The number of piperidine rings is 1. The summed E-state index contributed by atoms with van der Waals surface area (Å²) in [5.41, 5.74) is 0.912. The molecule has 2 aromatic rings. The van der Waals surface area contributed by atoms with Crippen molar-refractivity contribution in [1.82, 2.24) is 4.31 Å². The smallest absolute Gasteiger partial charge is 0.262 e. The van der Waals surface area contributed by atoms with Crippen LogP contribution in [0.2, 0.25) is 0 Å². The molecule has 1 saturated heterocycles. The number of Topliss-reactive ketones (excluding diaryl/α,β-unsaturated/α-hetero) is 1. The second-order valence-electron chi connectivity index (χ2n) is 8.40. The van der Waals surface area contributed by atoms with Gasteiger partial charge in [-0.2, -0.15) is 4.31 Å². The van der Waals surface area contributed by atoms with E-state index in [0.717, 1.165) is 6.42 Å². The Morgan fingerprint density at radius 2 is 1.66 bits per heavy atom. The highest BCUT2D eigenvalue weighted by Gasteiger charge is 2.31. The van der Waals surface area contributed by atoms with Gasteiger partial charge in [0.05, 0.1) is 10.5 Å². The van der Waals surface area contributed by atoms with Gasteiger partial charge in [-0.1, -0.05) is 32.9 Å². The lowest BCUT2D eigenvalue weighted by Gasteiger charge is -2.34. The van der Waals surface area contributed by atoms with Crippen molar-refractivity contribution in [2.75, 3.05) is 25.0 Å². The topological polar surface area (TPSA) is 92.8 Å². The molecule has 0 saturated carbocycles. The largest absolute Gasteiger partial charge is 0.483 e. The van der Waals surface area contributed by atoms with Crippen molar-refractivity contribution in [2.24, 2.45) is 11.8 Å². The Labute approximate surface area is 189 Å². The van der Waals surface area contributed by atoms with E-state index in [0.29, 0.717) is 48.3 Å². The van der Waals surface area contributed by atoms with E-state index in [2.05, 4.69) is 19.2 Å². The zero-order valence-electron chi connectivity index (χ0n) is 18.7. The fourth-order valence-electron chi connectivity index (χ4n) is 4.01. The fourth-order valence-corrected chi connectivity index (χ4v) is 5.69. The number of para-hydroxylation sites is 1. The van der Waals surface area contributed by atoms with E-state index in [1.54, 1.807) is 47.6 Å². The van der Waals surface area contributed by atoms with Crippen molar-refractivity contribution >= 4 is 27.4 Å². The summed E-state index contributed by atoms with van der Waals surface area (Å²) in [6.45, 7) is 6.67. The van der Waals surface area contributed by atoms with E-state index in [1.807, 2.05) is 0 Å². The molecule has 0 radical (unpaired) electrons. The monoisotopic (exact) mass is 458 g/mol. The summed E-state index contributed by atoms with van der Waals surface area (Å²) in [6.07, 6.45) is 1.37. The lowest BCUT2D eigenvalue weighted by atomic mass is 9.94. The number of hydrogen-bond acceptors (Lipinski definition) is 5. The molecule has 0 bridgehead atoms. The number of nitrogens with zero attached hydrogens (tertiary/aromatic N) is 1. The van der Waals surface area contributed by atoms with Gasteiger partial charge in [-0.25, -0.2) is 8.42 Å². The van der Waals surface area contributed by atoms with Crippen LogP contribution in [0.15, 0.2) is 53.4 Å². The van der Waals surface area contributed by atoms with Crippen LogP contribution >= 0.6 is 0 Å². The molecule has 2 atom stereocenters. The van der Waals surface area contributed by atoms with E-state index in [9.17, 15) is 18.0 Å². The van der Waals surface area contributed by atoms with E-state index >= 15 is 0 Å². The summed E-state index contributed by atoms with van der Waals surface area (Å²) in [5, 5.41) is 2.69. The highest BCUT2D eigenvalue weighted by molar-refractivity contribution is 7.89. The van der Waals surface area contributed by atoms with Crippen LogP contribution in [0, 0.1) is 11.8 Å². The van der Waals surface area contributed by atoms with Gasteiger partial charge in [-0.05, 0) is 54.7 Å². The van der Waals surface area contributed by atoms with E-state index in [1.165, 1.54) is 12.1 Å². The van der Waals surface area contributed by atoms with Gasteiger partial charge >= 0.3 is 0 Å². The molecule has 1 heterocycles. The van der Waals surface area contributed by atoms with Crippen molar-refractivity contribution in [3.63, 3.8) is 0 Å². The third kappa shape index (κ3) is 5.75. The minimum absolute atomic E-state index is 0.0599. The van der Waals surface area contributed by atoms with Gasteiger partial charge in [0.25, 0.3) is 5.91 Å². The Balaban J connectivity index is 1.61. The van der Waals surface area contributed by atoms with Crippen LogP contribution in [0.5, 0.6) is 5.75 Å². The van der Waals surface area contributed by atoms with Crippen LogP contribution in [0.4, 0.5) is 5.69 Å². The number of amides is 1. The van der Waals surface area contributed by atoms with Crippen molar-refractivity contribution in [2.45, 2.75) is 38.5 Å². The Kier molecular flexibility index (Phi) is 7.69. The molecule has 1 aliphatic rings. The first kappa shape index (κ1) is 23.9. The molecule has 0 aromatic heterocycles. The van der Waals surface area contributed by atoms with Gasteiger partial charge in [-0.3, -0.25) is 9.59 Å². The van der Waals surface area contributed by atoms with Crippen LogP contribution in [-0.4, -0.2) is 44.1 Å². The van der Waals surface area contributed by atoms with Crippen molar-refractivity contribution in [1.29, 1.82) is 0 Å². The summed E-state index contributed by atoms with van der Waals surface area (Å²) in [7, 11) is -3.57. The van der Waals surface area contributed by atoms with Gasteiger partial charge in [0.15, 0.2) is 12.4 Å². The molecule has 1 N–H and O–H groups in total. The van der Waals surface area contributed by atoms with Crippen LogP contribution < -0.4 is 10.1 Å². The highest BCUT2D eigenvalue weighted by atomic mass is 32.2. The zero-order chi connectivity index (χ0) is 23.3. The van der Waals surface area contributed by atoms with Gasteiger partial charge in [0.1, 0.15) is 5.75 Å². The Morgan fingerprint density at radius 1 is 1.03 bits per heavy atom. The molecular formula is C24H30N2O5S. The number of nitrogens with one attached hydrogen (secondary N) is 1. The summed E-state index contributed by atoms with van der Waals surface area (Å²) < 4.78 is 33.0. The predicted molar refractivity (Wildman–Crippen MR) is 123 cm³/mol. The maximum atomic E-state index is 13.0. The lowest BCUT2D eigenvalue weighted by molar-refractivity contribution is -0.118. The molecule has 1 aliphatic heterocycles. The molecule has 8 heteroatoms. The minimum atomic E-state index is -3.57. The maximum absolute atomic E-state index is 13.0. The van der Waals surface area contributed by atoms with Gasteiger partial charge < -0.3 is 10.1 Å². The molecule has 1 fully saturated rings. The number of rotatable bonds is 8. The number of anilines is 1. The Hall–Kier alpha value is -2.71. The highest BCUT2D eigenvalue weighted by Crippen LogP contribution is 2.27. The third-order valence-corrected chi connectivity index (χ3v) is 7.32. The average Bonchev–Trinajstić information content (AvgIpc) is 2.77. The van der Waals surface area contributed by atoms with Crippen LogP contribution in [0.3, 0.4) is 0 Å². The lowest BCUT2D eigenvalue weighted by Crippen LogP contribution is -2.42. The molecular weight excluding hydrogens is 428 g/mol. The first-order valence-corrected chi connectivity index (χ1v) is 12.3. The molecule has 0 aliphatic carbocycles. The SMILES string of the molecule is CCC(=O)c1ccccc1OCC(=O)Nc1ccc(S(=O)(=O)N2CC(C)CC(C)C2)cc1. The van der Waals surface area contributed by atoms with Gasteiger partial charge in [0, 0.05) is 25.2 Å². The van der Waals surface area contributed by atoms with Crippen molar-refractivity contribution < 1.29 is 22.7 Å². The number of carbonyl (C=O) groups excluding carboxylic acids is 2. The summed E-state index contributed by atoms with van der Waals surface area (Å²) in [6, 6.07) is 12.9. The van der Waals surface area contributed by atoms with Crippen LogP contribution in [0.1, 0.15) is 44.0 Å². The quantitative estimate of drug-likeness (QED) is 0.605. The number of carbonyl (C=O) groups is 2. The number of sulfonamides is 1. The molecule has 2 aromatic carbocycles. The van der Waals surface area contributed by atoms with E-state index in [4.69, 9.17) is 4.74 Å². The minimum Gasteiger partial charge on any atom is -0.483 e. The molecule has 7 nitrogen and oxygen atoms in total. The number of ketones is 1. The van der Waals surface area contributed by atoms with Crippen molar-refractivity contribution in [3.05, 3.63) is 54.1 Å². The Bertz CT molecular complexity index is 1060. The number of hydrogen-bond donors (Lipinski definition) is 1. The average molecular weight is 459 g/mol. The molecule has 3 rings (SSSR count). The standard InChI is InChI=1S/C24H30N2O5S/c1-4-22(27)21-7-5-6-8-23(21)31-16-24(28)25-19-9-11-20(12-10-19)32(29,30)26-14-17(2)13-18(3)15-26/h5-12,17-18H,4,13-16H2,1-3H3,(H,25,28). The second kappa shape index (κ2) is 10.3. The molecule has 172 valence electrons. The van der Waals surface area contributed by atoms with Crippen LogP contribution in [-0.2, 0) is 14.8 Å². The number of benzene rings is 2. The molecule has 1 amide bonds. The van der Waals surface area contributed by atoms with E-state index in [-0.39, 0.29) is 17.3 Å². The molecule has 2 unspecified atom stereocenters. The summed E-state index contributed by atoms with van der Waals surface area (Å²) in [4.78, 5) is 24.5. The zero-order valence-corrected chi connectivity index (χ0v) is 19.5. The fraction of sp³-hybridized carbons (Fsp3) is 0.417.